The van der Waals surface area contributed by atoms with E-state index in [2.05, 4.69) is 20.3 Å². The van der Waals surface area contributed by atoms with Gasteiger partial charge in [-0.2, -0.15) is 0 Å². The molecule has 2 N–H and O–H groups in total. The summed E-state index contributed by atoms with van der Waals surface area (Å²) in [6, 6.07) is 0. The number of rotatable bonds is 0. The number of H-pyrrole nitrogens is 1. The lowest BCUT2D eigenvalue weighted by Crippen LogP contribution is -1.93. The Morgan fingerprint density at radius 2 is 2.42 bits per heavy atom. The SMILES string of the molecule is c1ncc2c3c([nH]c2n1)NCC3. The van der Waals surface area contributed by atoms with Crippen molar-refractivity contribution in [3.05, 3.63) is 18.1 Å². The molecule has 60 valence electrons. The molecule has 0 radical (unpaired) electrons. The van der Waals surface area contributed by atoms with Gasteiger partial charge in [0.05, 0.1) is 0 Å². The lowest BCUT2D eigenvalue weighted by molar-refractivity contribution is 1.10. The fourth-order valence-electron chi connectivity index (χ4n) is 1.70. The van der Waals surface area contributed by atoms with Crippen molar-refractivity contribution in [2.24, 2.45) is 0 Å². The second-order valence-corrected chi connectivity index (χ2v) is 2.94. The van der Waals surface area contributed by atoms with E-state index in [1.165, 1.54) is 5.56 Å². The summed E-state index contributed by atoms with van der Waals surface area (Å²) < 4.78 is 0. The quantitative estimate of drug-likeness (QED) is 0.602. The third kappa shape index (κ3) is 0.617. The first-order chi connectivity index (χ1) is 5.95. The van der Waals surface area contributed by atoms with Crippen molar-refractivity contribution in [2.75, 3.05) is 11.9 Å². The minimum Gasteiger partial charge on any atom is -0.371 e. The van der Waals surface area contributed by atoms with Gasteiger partial charge in [0.1, 0.15) is 17.8 Å². The Kier molecular flexibility index (Phi) is 0.983. The number of hydrogen-bond acceptors (Lipinski definition) is 3. The Bertz CT molecular complexity index is 432. The van der Waals surface area contributed by atoms with Gasteiger partial charge in [-0.1, -0.05) is 0 Å². The van der Waals surface area contributed by atoms with Crippen LogP contribution in [0.4, 0.5) is 5.82 Å². The lowest BCUT2D eigenvalue weighted by atomic mass is 10.2. The van der Waals surface area contributed by atoms with Gasteiger partial charge in [-0.25, -0.2) is 9.97 Å². The molecule has 3 heterocycles. The van der Waals surface area contributed by atoms with Crippen LogP contribution in [0.15, 0.2) is 12.5 Å². The molecular weight excluding hydrogens is 152 g/mol. The monoisotopic (exact) mass is 160 g/mol. The highest BCUT2D eigenvalue weighted by atomic mass is 15.1. The number of aromatic nitrogens is 3. The third-order valence-electron chi connectivity index (χ3n) is 2.26. The second kappa shape index (κ2) is 1.97. The Morgan fingerprint density at radius 3 is 3.42 bits per heavy atom. The van der Waals surface area contributed by atoms with Crippen molar-refractivity contribution in [1.82, 2.24) is 15.0 Å². The van der Waals surface area contributed by atoms with Crippen molar-refractivity contribution in [3.8, 4) is 0 Å². The zero-order valence-corrected chi connectivity index (χ0v) is 6.46. The Balaban J connectivity index is 2.44. The number of nitrogens with one attached hydrogen (secondary N) is 2. The van der Waals surface area contributed by atoms with E-state index in [0.29, 0.717) is 0 Å². The molecule has 1 aliphatic heterocycles. The highest BCUT2D eigenvalue weighted by Crippen LogP contribution is 2.28. The van der Waals surface area contributed by atoms with Crippen LogP contribution in [-0.2, 0) is 6.42 Å². The molecule has 12 heavy (non-hydrogen) atoms. The molecule has 0 amide bonds. The van der Waals surface area contributed by atoms with E-state index >= 15 is 0 Å². The largest absolute Gasteiger partial charge is 0.371 e. The van der Waals surface area contributed by atoms with Crippen molar-refractivity contribution >= 4 is 16.9 Å². The van der Waals surface area contributed by atoms with Crippen LogP contribution >= 0.6 is 0 Å². The highest BCUT2D eigenvalue weighted by Gasteiger charge is 2.16. The Morgan fingerprint density at radius 1 is 1.42 bits per heavy atom. The van der Waals surface area contributed by atoms with Gasteiger partial charge in [-0.3, -0.25) is 0 Å². The van der Waals surface area contributed by atoms with E-state index < -0.39 is 0 Å². The van der Waals surface area contributed by atoms with Crippen LogP contribution in [0.3, 0.4) is 0 Å². The number of aromatic amines is 1. The molecule has 0 saturated heterocycles. The van der Waals surface area contributed by atoms with Crippen LogP contribution in [0.1, 0.15) is 5.56 Å². The van der Waals surface area contributed by atoms with E-state index in [1.54, 1.807) is 6.33 Å². The fourth-order valence-corrected chi connectivity index (χ4v) is 1.70. The molecule has 1 aliphatic rings. The summed E-state index contributed by atoms with van der Waals surface area (Å²) in [6.45, 7) is 1.02. The van der Waals surface area contributed by atoms with E-state index in [0.717, 1.165) is 29.8 Å². The van der Waals surface area contributed by atoms with Gasteiger partial charge in [0.2, 0.25) is 0 Å². The van der Waals surface area contributed by atoms with Gasteiger partial charge in [0.25, 0.3) is 0 Å². The second-order valence-electron chi connectivity index (χ2n) is 2.94. The standard InChI is InChI=1S/C8H8N4/c1-2-10-7-5(1)6-3-9-4-11-8(6)12-7/h3-4,10H,1-2H2,(H,9,11,12). The van der Waals surface area contributed by atoms with Crippen LogP contribution in [0, 0.1) is 0 Å². The van der Waals surface area contributed by atoms with Crippen LogP contribution in [0.5, 0.6) is 0 Å². The zero-order valence-electron chi connectivity index (χ0n) is 6.46. The predicted octanol–water partition coefficient (Wildman–Crippen LogP) is 0.926. The van der Waals surface area contributed by atoms with Crippen LogP contribution < -0.4 is 5.32 Å². The van der Waals surface area contributed by atoms with Gasteiger partial charge < -0.3 is 10.3 Å². The summed E-state index contributed by atoms with van der Waals surface area (Å²) in [5, 5.41) is 4.42. The molecule has 0 fully saturated rings. The molecular formula is C8H8N4. The maximum Gasteiger partial charge on any atom is 0.142 e. The topological polar surface area (TPSA) is 53.6 Å². The van der Waals surface area contributed by atoms with E-state index in [4.69, 9.17) is 0 Å². The molecule has 0 spiro atoms. The van der Waals surface area contributed by atoms with Crippen molar-refractivity contribution in [2.45, 2.75) is 6.42 Å². The number of anilines is 1. The number of nitrogens with zero attached hydrogens (tertiary/aromatic N) is 2. The van der Waals surface area contributed by atoms with Crippen molar-refractivity contribution in [1.29, 1.82) is 0 Å². The minimum atomic E-state index is 0.933. The molecule has 2 aromatic heterocycles. The summed E-state index contributed by atoms with van der Waals surface area (Å²) >= 11 is 0. The molecule has 0 atom stereocenters. The summed E-state index contributed by atoms with van der Waals surface area (Å²) in [7, 11) is 0. The minimum absolute atomic E-state index is 0.933. The van der Waals surface area contributed by atoms with Crippen LogP contribution in [0.2, 0.25) is 0 Å². The smallest absolute Gasteiger partial charge is 0.142 e. The van der Waals surface area contributed by atoms with Gasteiger partial charge in [0, 0.05) is 23.7 Å². The normalized spacial score (nSPS) is 14.7. The van der Waals surface area contributed by atoms with Gasteiger partial charge in [0.15, 0.2) is 0 Å². The van der Waals surface area contributed by atoms with Gasteiger partial charge in [-0.15, -0.1) is 0 Å². The molecule has 0 bridgehead atoms. The molecule has 0 aromatic carbocycles. The first-order valence-electron chi connectivity index (χ1n) is 3.99. The summed E-state index contributed by atoms with van der Waals surface area (Å²) in [5.41, 5.74) is 2.26. The Labute approximate surface area is 69.0 Å². The summed E-state index contributed by atoms with van der Waals surface area (Å²) in [6.07, 6.45) is 4.50. The molecule has 4 heteroatoms. The molecule has 2 aromatic rings. The van der Waals surface area contributed by atoms with Crippen molar-refractivity contribution < 1.29 is 0 Å². The zero-order chi connectivity index (χ0) is 7.97. The highest BCUT2D eigenvalue weighted by molar-refractivity contribution is 5.86. The maximum atomic E-state index is 4.14. The Hall–Kier alpha value is -1.58. The van der Waals surface area contributed by atoms with E-state index in [1.807, 2.05) is 6.20 Å². The first-order valence-corrected chi connectivity index (χ1v) is 3.99. The average Bonchev–Trinajstić information content (AvgIpc) is 2.62. The van der Waals surface area contributed by atoms with Gasteiger partial charge >= 0.3 is 0 Å². The van der Waals surface area contributed by atoms with Gasteiger partial charge in [-0.05, 0) is 6.42 Å². The van der Waals surface area contributed by atoms with Crippen LogP contribution in [-0.4, -0.2) is 21.5 Å². The molecule has 0 saturated carbocycles. The summed E-state index contributed by atoms with van der Waals surface area (Å²) in [5.74, 6) is 1.12. The molecule has 0 aliphatic carbocycles. The third-order valence-corrected chi connectivity index (χ3v) is 2.26. The number of hydrogen-bond donors (Lipinski definition) is 2. The maximum absolute atomic E-state index is 4.14. The van der Waals surface area contributed by atoms with Crippen LogP contribution in [0.25, 0.3) is 11.0 Å². The van der Waals surface area contributed by atoms with E-state index in [-0.39, 0.29) is 0 Å². The first kappa shape index (κ1) is 5.99. The molecule has 3 rings (SSSR count). The number of fused-ring (bicyclic) bond motifs is 3. The van der Waals surface area contributed by atoms with Crippen molar-refractivity contribution in [3.63, 3.8) is 0 Å². The molecule has 0 unspecified atom stereocenters. The average molecular weight is 160 g/mol. The fraction of sp³-hybridized carbons (Fsp3) is 0.250. The summed E-state index contributed by atoms with van der Waals surface area (Å²) in [4.78, 5) is 11.4. The van der Waals surface area contributed by atoms with E-state index in [9.17, 15) is 0 Å². The molecule has 4 nitrogen and oxygen atoms in total. The lowest BCUT2D eigenvalue weighted by Gasteiger charge is -1.90. The predicted molar refractivity (Wildman–Crippen MR) is 46.1 cm³/mol.